The number of rotatable bonds is 6. The van der Waals surface area contributed by atoms with Gasteiger partial charge in [0.05, 0.1) is 22.4 Å². The number of nitro benzene ring substituents is 1. The van der Waals surface area contributed by atoms with Gasteiger partial charge in [0.15, 0.2) is 0 Å². The predicted octanol–water partition coefficient (Wildman–Crippen LogP) is 3.61. The number of amides is 1. The molecule has 0 aliphatic heterocycles. The van der Waals surface area contributed by atoms with Crippen LogP contribution in [0.4, 0.5) is 5.69 Å². The van der Waals surface area contributed by atoms with Crippen LogP contribution in [-0.4, -0.2) is 27.6 Å². The van der Waals surface area contributed by atoms with Gasteiger partial charge in [-0.15, -0.1) is 0 Å². The number of nitrogens with one attached hydrogen (secondary N) is 2. The summed E-state index contributed by atoms with van der Waals surface area (Å²) in [5.74, 6) is -0.196. The monoisotopic (exact) mass is 340 g/mol. The Balaban J connectivity index is 1.65. The number of aromatic amines is 1. The first-order chi connectivity index (χ1) is 12.1. The summed E-state index contributed by atoms with van der Waals surface area (Å²) in [6, 6.07) is 6.03. The average molecular weight is 340 g/mol. The summed E-state index contributed by atoms with van der Waals surface area (Å²) >= 11 is 0. The molecule has 1 aliphatic rings. The van der Waals surface area contributed by atoms with Crippen LogP contribution >= 0.6 is 0 Å². The topological polar surface area (TPSA) is 101 Å². The summed E-state index contributed by atoms with van der Waals surface area (Å²) in [7, 11) is 0. The average Bonchev–Trinajstić information content (AvgIpc) is 3.12. The zero-order valence-corrected chi connectivity index (χ0v) is 13.8. The van der Waals surface area contributed by atoms with Crippen LogP contribution in [0.2, 0.25) is 0 Å². The van der Waals surface area contributed by atoms with E-state index in [2.05, 4.69) is 21.6 Å². The molecule has 7 heteroatoms. The summed E-state index contributed by atoms with van der Waals surface area (Å²) < 4.78 is 0. The van der Waals surface area contributed by atoms with Gasteiger partial charge in [0.25, 0.3) is 11.6 Å². The molecule has 0 atom stereocenters. The summed E-state index contributed by atoms with van der Waals surface area (Å²) in [6.45, 7) is 0.593. The van der Waals surface area contributed by atoms with Crippen molar-refractivity contribution in [1.82, 2.24) is 15.5 Å². The number of hydrogen-bond acceptors (Lipinski definition) is 4. The first-order valence-corrected chi connectivity index (χ1v) is 8.39. The number of carbonyl (C=O) groups excluding carboxylic acids is 1. The highest BCUT2D eigenvalue weighted by Crippen LogP contribution is 2.24. The number of nitrogens with zero attached hydrogens (tertiary/aromatic N) is 2. The Morgan fingerprint density at radius 1 is 1.28 bits per heavy atom. The minimum atomic E-state index is -0.454. The van der Waals surface area contributed by atoms with Gasteiger partial charge >= 0.3 is 0 Å². The summed E-state index contributed by atoms with van der Waals surface area (Å²) in [5.41, 5.74) is 3.10. The van der Waals surface area contributed by atoms with Crippen LogP contribution in [0.25, 0.3) is 11.3 Å². The molecule has 1 aliphatic carbocycles. The highest BCUT2D eigenvalue weighted by molar-refractivity contribution is 5.99. The molecule has 0 radical (unpaired) electrons. The van der Waals surface area contributed by atoms with Gasteiger partial charge in [-0.3, -0.25) is 20.0 Å². The molecule has 0 spiro atoms. The van der Waals surface area contributed by atoms with Crippen LogP contribution in [-0.2, 0) is 0 Å². The van der Waals surface area contributed by atoms with Crippen LogP contribution < -0.4 is 5.32 Å². The maximum Gasteiger partial charge on any atom is 0.269 e. The second-order valence-corrected chi connectivity index (χ2v) is 6.08. The quantitative estimate of drug-likeness (QED) is 0.476. The maximum absolute atomic E-state index is 12.4. The van der Waals surface area contributed by atoms with E-state index < -0.39 is 4.92 Å². The number of allylic oxidation sites excluding steroid dienone is 1. The number of non-ortho nitro benzene ring substituents is 1. The Morgan fingerprint density at radius 3 is 2.76 bits per heavy atom. The third kappa shape index (κ3) is 4.12. The number of aromatic nitrogens is 2. The molecule has 25 heavy (non-hydrogen) atoms. The van der Waals surface area contributed by atoms with Crippen molar-refractivity contribution in [3.8, 4) is 11.3 Å². The van der Waals surface area contributed by atoms with Crippen molar-refractivity contribution in [3.63, 3.8) is 0 Å². The van der Waals surface area contributed by atoms with Crippen molar-refractivity contribution in [1.29, 1.82) is 0 Å². The fourth-order valence-corrected chi connectivity index (χ4v) is 2.99. The van der Waals surface area contributed by atoms with Gasteiger partial charge < -0.3 is 5.32 Å². The molecule has 1 heterocycles. The van der Waals surface area contributed by atoms with Crippen LogP contribution in [0.1, 0.15) is 42.5 Å². The van der Waals surface area contributed by atoms with Crippen LogP contribution in [0.5, 0.6) is 0 Å². The summed E-state index contributed by atoms with van der Waals surface area (Å²) in [5, 5.41) is 20.4. The van der Waals surface area contributed by atoms with Crippen molar-refractivity contribution in [2.75, 3.05) is 6.54 Å². The second kappa shape index (κ2) is 7.74. The van der Waals surface area contributed by atoms with E-state index >= 15 is 0 Å². The molecule has 2 N–H and O–H groups in total. The highest BCUT2D eigenvalue weighted by Gasteiger charge is 2.16. The molecule has 0 saturated carbocycles. The van der Waals surface area contributed by atoms with Gasteiger partial charge in [-0.2, -0.15) is 5.10 Å². The molecular weight excluding hydrogens is 320 g/mol. The molecule has 0 fully saturated rings. The minimum Gasteiger partial charge on any atom is -0.352 e. The van der Waals surface area contributed by atoms with E-state index in [1.54, 1.807) is 12.1 Å². The van der Waals surface area contributed by atoms with Crippen molar-refractivity contribution >= 4 is 11.6 Å². The highest BCUT2D eigenvalue weighted by atomic mass is 16.6. The zero-order valence-electron chi connectivity index (χ0n) is 13.8. The standard InChI is InChI=1S/C18H20N4O3/c23-18(19-11-10-13-4-2-1-3-5-13)16-12-20-21-17(16)14-6-8-15(9-7-14)22(24)25/h4,6-9,12H,1-3,5,10-11H2,(H,19,23)(H,20,21). The van der Waals surface area contributed by atoms with Crippen molar-refractivity contribution in [2.45, 2.75) is 32.1 Å². The van der Waals surface area contributed by atoms with Crippen LogP contribution in [0, 0.1) is 10.1 Å². The van der Waals surface area contributed by atoms with Crippen LogP contribution in [0.15, 0.2) is 42.1 Å². The van der Waals surface area contributed by atoms with Gasteiger partial charge in [-0.1, -0.05) is 11.6 Å². The summed E-state index contributed by atoms with van der Waals surface area (Å²) in [4.78, 5) is 22.7. The lowest BCUT2D eigenvalue weighted by atomic mass is 9.97. The van der Waals surface area contributed by atoms with E-state index in [4.69, 9.17) is 0 Å². The third-order valence-electron chi connectivity index (χ3n) is 4.37. The van der Waals surface area contributed by atoms with Crippen molar-refractivity contribution in [2.24, 2.45) is 0 Å². The van der Waals surface area contributed by atoms with E-state index in [0.29, 0.717) is 23.4 Å². The van der Waals surface area contributed by atoms with Crippen LogP contribution in [0.3, 0.4) is 0 Å². The molecule has 130 valence electrons. The van der Waals surface area contributed by atoms with E-state index in [1.807, 2.05) is 0 Å². The van der Waals surface area contributed by atoms with E-state index in [0.717, 1.165) is 19.3 Å². The second-order valence-electron chi connectivity index (χ2n) is 6.08. The molecule has 7 nitrogen and oxygen atoms in total. The summed E-state index contributed by atoms with van der Waals surface area (Å²) in [6.07, 6.45) is 9.36. The van der Waals surface area contributed by atoms with Gasteiger partial charge in [0.2, 0.25) is 0 Å². The molecule has 0 unspecified atom stereocenters. The molecular formula is C18H20N4O3. The largest absolute Gasteiger partial charge is 0.352 e. The third-order valence-corrected chi connectivity index (χ3v) is 4.37. The normalized spacial score (nSPS) is 14.0. The lowest BCUT2D eigenvalue weighted by Gasteiger charge is -2.13. The van der Waals surface area contributed by atoms with Gasteiger partial charge in [-0.25, -0.2) is 0 Å². The van der Waals surface area contributed by atoms with Crippen molar-refractivity contribution in [3.05, 3.63) is 57.8 Å². The van der Waals surface area contributed by atoms with Gasteiger partial charge in [-0.05, 0) is 44.2 Å². The molecule has 0 bridgehead atoms. The lowest BCUT2D eigenvalue weighted by molar-refractivity contribution is -0.384. The molecule has 2 aromatic rings. The Hall–Kier alpha value is -2.96. The smallest absolute Gasteiger partial charge is 0.269 e. The zero-order chi connectivity index (χ0) is 17.6. The predicted molar refractivity (Wildman–Crippen MR) is 94.2 cm³/mol. The number of carbonyl (C=O) groups is 1. The molecule has 1 aromatic heterocycles. The number of H-pyrrole nitrogens is 1. The lowest BCUT2D eigenvalue weighted by Crippen LogP contribution is -2.25. The fourth-order valence-electron chi connectivity index (χ4n) is 2.99. The molecule has 1 amide bonds. The number of benzene rings is 1. The van der Waals surface area contributed by atoms with E-state index in [1.165, 1.54) is 36.7 Å². The molecule has 0 saturated heterocycles. The fraction of sp³-hybridized carbons (Fsp3) is 0.333. The molecule has 3 rings (SSSR count). The Morgan fingerprint density at radius 2 is 2.08 bits per heavy atom. The van der Waals surface area contributed by atoms with Gasteiger partial charge in [0, 0.05) is 24.2 Å². The van der Waals surface area contributed by atoms with Crippen molar-refractivity contribution < 1.29 is 9.72 Å². The maximum atomic E-state index is 12.4. The Kier molecular flexibility index (Phi) is 5.23. The van der Waals surface area contributed by atoms with E-state index in [-0.39, 0.29) is 11.6 Å². The first-order valence-electron chi connectivity index (χ1n) is 8.39. The number of hydrogen-bond donors (Lipinski definition) is 2. The number of nitro groups is 1. The van der Waals surface area contributed by atoms with Gasteiger partial charge in [0.1, 0.15) is 0 Å². The first kappa shape index (κ1) is 16.9. The molecule has 1 aromatic carbocycles. The van der Waals surface area contributed by atoms with E-state index in [9.17, 15) is 14.9 Å². The minimum absolute atomic E-state index is 0.00928. The Bertz CT molecular complexity index is 793. The Labute approximate surface area is 145 Å². The SMILES string of the molecule is O=C(NCCC1=CCCCC1)c1cn[nH]c1-c1ccc([N+](=O)[O-])cc1.